The van der Waals surface area contributed by atoms with Crippen LogP contribution in [0.3, 0.4) is 0 Å². The molecule has 0 unspecified atom stereocenters. The first-order chi connectivity index (χ1) is 15.1. The Balaban J connectivity index is 1.73. The van der Waals surface area contributed by atoms with Gasteiger partial charge in [-0.05, 0) is 63.6 Å². The summed E-state index contributed by atoms with van der Waals surface area (Å²) in [6.07, 6.45) is 2.65. The smallest absolute Gasteiger partial charge is 0.260 e. The van der Waals surface area contributed by atoms with Crippen molar-refractivity contribution in [3.63, 3.8) is 0 Å². The zero-order valence-corrected chi connectivity index (χ0v) is 19.8. The molecule has 8 heteroatoms. The average Bonchev–Trinajstić information content (AvgIpc) is 2.99. The van der Waals surface area contributed by atoms with Gasteiger partial charge in [0.25, 0.3) is 5.91 Å². The van der Waals surface area contributed by atoms with Gasteiger partial charge in [-0.2, -0.15) is 5.10 Å². The first-order valence-electron chi connectivity index (χ1n) is 10.2. The van der Waals surface area contributed by atoms with E-state index in [1.54, 1.807) is 30.5 Å². The minimum atomic E-state index is -3.63. The number of anilines is 1. The van der Waals surface area contributed by atoms with Crippen molar-refractivity contribution in [2.75, 3.05) is 17.1 Å². The third-order valence-corrected chi connectivity index (χ3v) is 6.27. The zero-order chi connectivity index (χ0) is 23.5. The maximum absolute atomic E-state index is 12.4. The molecule has 1 aromatic heterocycles. The summed E-state index contributed by atoms with van der Waals surface area (Å²) < 4.78 is 27.6. The topological polar surface area (TPSA) is 83.8 Å². The van der Waals surface area contributed by atoms with Crippen LogP contribution in [0.1, 0.15) is 28.1 Å². The molecule has 0 bridgehead atoms. The minimum Gasteiger partial charge on any atom is -0.318 e. The number of benzene rings is 2. The highest BCUT2D eigenvalue weighted by atomic mass is 32.2. The molecule has 1 N–H and O–H groups in total. The van der Waals surface area contributed by atoms with Gasteiger partial charge in [-0.1, -0.05) is 29.8 Å². The zero-order valence-electron chi connectivity index (χ0n) is 19.0. The Bertz CT molecular complexity index is 1260. The Kier molecular flexibility index (Phi) is 6.84. The Morgan fingerprint density at radius 3 is 2.34 bits per heavy atom. The fourth-order valence-corrected chi connectivity index (χ4v) is 4.39. The number of carbonyl (C=O) groups is 1. The highest BCUT2D eigenvalue weighted by Gasteiger charge is 2.20. The van der Waals surface area contributed by atoms with Crippen LogP contribution in [0.4, 0.5) is 5.69 Å². The van der Waals surface area contributed by atoms with Gasteiger partial charge in [0.15, 0.2) is 0 Å². The molecule has 0 atom stereocenters. The SMILES string of the molecule is Cc1ccc(N(CC(=O)N/N=C\c2cc(C)n(-c3cccc(C)c3)c2C)S(C)(=O)=O)cc1. The summed E-state index contributed by atoms with van der Waals surface area (Å²) in [5.74, 6) is -0.528. The lowest BCUT2D eigenvalue weighted by atomic mass is 10.2. The molecule has 3 rings (SSSR count). The molecule has 1 amide bonds. The monoisotopic (exact) mass is 452 g/mol. The van der Waals surface area contributed by atoms with Crippen molar-refractivity contribution in [1.29, 1.82) is 0 Å². The van der Waals surface area contributed by atoms with Crippen LogP contribution in [-0.2, 0) is 14.8 Å². The second-order valence-electron chi connectivity index (χ2n) is 7.90. The molecule has 0 spiro atoms. The molecule has 2 aromatic carbocycles. The van der Waals surface area contributed by atoms with Gasteiger partial charge in [0.05, 0.1) is 18.2 Å². The number of hydrogen-bond donors (Lipinski definition) is 1. The van der Waals surface area contributed by atoms with E-state index in [-0.39, 0.29) is 6.54 Å². The van der Waals surface area contributed by atoms with Gasteiger partial charge in [-0.3, -0.25) is 9.10 Å². The molecule has 0 aliphatic carbocycles. The minimum absolute atomic E-state index is 0.360. The molecule has 1 heterocycles. The van der Waals surface area contributed by atoms with E-state index in [1.165, 1.54) is 5.56 Å². The summed E-state index contributed by atoms with van der Waals surface area (Å²) in [6.45, 7) is 7.59. The molecule has 0 aliphatic rings. The number of aryl methyl sites for hydroxylation is 3. The van der Waals surface area contributed by atoms with Gasteiger partial charge in [0, 0.05) is 22.6 Å². The van der Waals surface area contributed by atoms with Crippen molar-refractivity contribution in [2.45, 2.75) is 27.7 Å². The molecule has 3 aromatic rings. The molecular weight excluding hydrogens is 424 g/mol. The Morgan fingerprint density at radius 2 is 1.72 bits per heavy atom. The van der Waals surface area contributed by atoms with E-state index < -0.39 is 15.9 Å². The molecule has 0 aliphatic heterocycles. The third kappa shape index (κ3) is 5.45. The van der Waals surface area contributed by atoms with E-state index in [0.717, 1.165) is 38.8 Å². The number of hydrazone groups is 1. The van der Waals surface area contributed by atoms with Gasteiger partial charge in [0.1, 0.15) is 6.54 Å². The van der Waals surface area contributed by atoms with Gasteiger partial charge in [-0.25, -0.2) is 13.8 Å². The first kappa shape index (κ1) is 23.3. The second kappa shape index (κ2) is 9.40. The van der Waals surface area contributed by atoms with Crippen LogP contribution >= 0.6 is 0 Å². The molecule has 0 fully saturated rings. The Morgan fingerprint density at radius 1 is 1.03 bits per heavy atom. The summed E-state index contributed by atoms with van der Waals surface area (Å²) in [5, 5.41) is 4.05. The number of rotatable bonds is 7. The fraction of sp³-hybridized carbons (Fsp3) is 0.250. The van der Waals surface area contributed by atoms with Gasteiger partial charge < -0.3 is 4.57 Å². The third-order valence-electron chi connectivity index (χ3n) is 5.13. The van der Waals surface area contributed by atoms with Crippen molar-refractivity contribution in [3.05, 3.63) is 82.7 Å². The number of sulfonamides is 1. The van der Waals surface area contributed by atoms with Crippen molar-refractivity contribution in [1.82, 2.24) is 9.99 Å². The van der Waals surface area contributed by atoms with Crippen molar-refractivity contribution in [2.24, 2.45) is 5.10 Å². The lowest BCUT2D eigenvalue weighted by molar-refractivity contribution is -0.119. The van der Waals surface area contributed by atoms with E-state index in [4.69, 9.17) is 0 Å². The number of nitrogens with zero attached hydrogens (tertiary/aromatic N) is 3. The van der Waals surface area contributed by atoms with Crippen LogP contribution in [0.25, 0.3) is 5.69 Å². The summed E-state index contributed by atoms with van der Waals surface area (Å²) in [4.78, 5) is 12.4. The van der Waals surface area contributed by atoms with E-state index in [9.17, 15) is 13.2 Å². The molecule has 0 saturated heterocycles. The Hall–Kier alpha value is -3.39. The van der Waals surface area contributed by atoms with Crippen LogP contribution in [0, 0.1) is 27.7 Å². The number of amides is 1. The maximum atomic E-state index is 12.4. The maximum Gasteiger partial charge on any atom is 0.260 e. The van der Waals surface area contributed by atoms with Crippen LogP contribution in [0.5, 0.6) is 0 Å². The second-order valence-corrected chi connectivity index (χ2v) is 9.81. The lowest BCUT2D eigenvalue weighted by Crippen LogP contribution is -2.39. The summed E-state index contributed by atoms with van der Waals surface area (Å²) in [7, 11) is -3.63. The first-order valence-corrected chi connectivity index (χ1v) is 12.0. The molecule has 32 heavy (non-hydrogen) atoms. The Labute approximate surface area is 189 Å². The molecule has 168 valence electrons. The van der Waals surface area contributed by atoms with E-state index in [0.29, 0.717) is 5.69 Å². The van der Waals surface area contributed by atoms with Gasteiger partial charge >= 0.3 is 0 Å². The number of aromatic nitrogens is 1. The number of nitrogens with one attached hydrogen (secondary N) is 1. The predicted molar refractivity (Wildman–Crippen MR) is 129 cm³/mol. The van der Waals surface area contributed by atoms with E-state index in [1.807, 2.05) is 52.0 Å². The van der Waals surface area contributed by atoms with Crippen molar-refractivity contribution >= 4 is 27.8 Å². The van der Waals surface area contributed by atoms with Crippen LogP contribution in [0.15, 0.2) is 59.7 Å². The van der Waals surface area contributed by atoms with Gasteiger partial charge in [-0.15, -0.1) is 0 Å². The highest BCUT2D eigenvalue weighted by Crippen LogP contribution is 2.21. The van der Waals surface area contributed by atoms with Gasteiger partial charge in [0.2, 0.25) is 10.0 Å². The fourth-order valence-electron chi connectivity index (χ4n) is 3.53. The normalized spacial score (nSPS) is 11.7. The predicted octanol–water partition coefficient (Wildman–Crippen LogP) is 3.63. The summed E-state index contributed by atoms with van der Waals surface area (Å²) in [6, 6.07) is 17.1. The highest BCUT2D eigenvalue weighted by molar-refractivity contribution is 7.92. The molecular formula is C24H28N4O3S. The quantitative estimate of drug-likeness (QED) is 0.439. The number of carbonyl (C=O) groups excluding carboxylic acids is 1. The lowest BCUT2D eigenvalue weighted by Gasteiger charge is -2.21. The van der Waals surface area contributed by atoms with Crippen molar-refractivity contribution in [3.8, 4) is 5.69 Å². The van der Waals surface area contributed by atoms with Crippen molar-refractivity contribution < 1.29 is 13.2 Å². The van der Waals surface area contributed by atoms with E-state index >= 15 is 0 Å². The average molecular weight is 453 g/mol. The number of hydrogen-bond acceptors (Lipinski definition) is 4. The summed E-state index contributed by atoms with van der Waals surface area (Å²) in [5.41, 5.74) is 8.99. The molecule has 0 saturated carbocycles. The largest absolute Gasteiger partial charge is 0.318 e. The summed E-state index contributed by atoms with van der Waals surface area (Å²) >= 11 is 0. The van der Waals surface area contributed by atoms with Crippen LogP contribution in [-0.4, -0.2) is 37.9 Å². The molecule has 7 nitrogen and oxygen atoms in total. The standard InChI is InChI=1S/C24H28N4O3S/c1-17-9-11-22(12-10-17)27(32(5,30)31)16-24(29)26-25-15-21-14-19(3)28(20(21)4)23-8-6-7-18(2)13-23/h6-15H,16H2,1-5H3,(H,26,29)/b25-15-. The molecule has 0 radical (unpaired) electrons. The van der Waals surface area contributed by atoms with Crippen LogP contribution in [0.2, 0.25) is 0 Å². The van der Waals surface area contributed by atoms with Crippen LogP contribution < -0.4 is 9.73 Å². The van der Waals surface area contributed by atoms with E-state index in [2.05, 4.69) is 21.2 Å².